The summed E-state index contributed by atoms with van der Waals surface area (Å²) in [7, 11) is 1.28. The molecule has 0 unspecified atom stereocenters. The van der Waals surface area contributed by atoms with Crippen LogP contribution in [0.3, 0.4) is 0 Å². The molecule has 0 aliphatic carbocycles. The van der Waals surface area contributed by atoms with E-state index in [0.717, 1.165) is 12.8 Å². The van der Waals surface area contributed by atoms with Crippen molar-refractivity contribution in [1.29, 1.82) is 0 Å². The van der Waals surface area contributed by atoms with Crippen molar-refractivity contribution in [3.05, 3.63) is 18.0 Å². The topological polar surface area (TPSA) is 81.1 Å². The first kappa shape index (κ1) is 19.9. The first-order valence-electron chi connectivity index (χ1n) is 8.35. The van der Waals surface area contributed by atoms with Crippen LogP contribution in [0.4, 0.5) is 0 Å². The Bertz CT molecular complexity index is 672. The molecule has 2 rings (SSSR count). The van der Waals surface area contributed by atoms with Crippen LogP contribution in [-0.2, 0) is 26.5 Å². The third-order valence-corrected chi connectivity index (χ3v) is 6.18. The molecule has 1 amide bonds. The summed E-state index contributed by atoms with van der Waals surface area (Å²) in [6.45, 7) is 2.70. The summed E-state index contributed by atoms with van der Waals surface area (Å²) in [5.74, 6) is -0.237. The molecule has 142 valence electrons. The lowest BCUT2D eigenvalue weighted by atomic mass is 10.3. The molecule has 0 aromatic carbocycles. The summed E-state index contributed by atoms with van der Waals surface area (Å²) in [5, 5.41) is 0. The number of hydrogen-bond acceptors (Lipinski definition) is 5. The quantitative estimate of drug-likeness (QED) is 0.631. The van der Waals surface area contributed by atoms with E-state index in [1.807, 2.05) is 0 Å². The van der Waals surface area contributed by atoms with Crippen molar-refractivity contribution in [3.63, 3.8) is 0 Å². The van der Waals surface area contributed by atoms with Gasteiger partial charge in [-0.15, -0.1) is 0 Å². The van der Waals surface area contributed by atoms with Crippen molar-refractivity contribution < 1.29 is 22.7 Å². The molecule has 9 heteroatoms. The zero-order chi connectivity index (χ0) is 18.4. The lowest BCUT2D eigenvalue weighted by Gasteiger charge is -2.22. The number of amides is 1. The molecule has 2 heterocycles. The summed E-state index contributed by atoms with van der Waals surface area (Å²) in [5.41, 5.74) is 0.338. The molecule has 1 saturated heterocycles. The normalized spacial score (nSPS) is 15.6. The Kier molecular flexibility index (Phi) is 7.00. The van der Waals surface area contributed by atoms with Crippen molar-refractivity contribution in [2.75, 3.05) is 53.6 Å². The Morgan fingerprint density at radius 2 is 1.72 bits per heavy atom. The lowest BCUT2D eigenvalue weighted by Crippen LogP contribution is -2.37. The Hall–Kier alpha value is -1.42. The van der Waals surface area contributed by atoms with Gasteiger partial charge in [-0.05, 0) is 18.9 Å². The van der Waals surface area contributed by atoms with Crippen LogP contribution < -0.4 is 0 Å². The van der Waals surface area contributed by atoms with E-state index in [1.165, 1.54) is 16.6 Å². The standard InChI is InChI=1S/C16H27N3O5S/c1-17-13-14(25(21,22)19-6-4-5-7-19)12-15(17)16(20)18(8-10-23-2)9-11-24-3/h12-13H,4-11H2,1-3H3. The predicted octanol–water partition coefficient (Wildman–Crippen LogP) is 0.545. The van der Waals surface area contributed by atoms with Gasteiger partial charge in [0.1, 0.15) is 10.6 Å². The number of nitrogens with zero attached hydrogens (tertiary/aromatic N) is 3. The number of aryl methyl sites for hydroxylation is 1. The smallest absolute Gasteiger partial charge is 0.270 e. The maximum absolute atomic E-state index is 12.8. The largest absolute Gasteiger partial charge is 0.383 e. The van der Waals surface area contributed by atoms with Gasteiger partial charge in [0.05, 0.1) is 13.2 Å². The first-order valence-corrected chi connectivity index (χ1v) is 9.79. The van der Waals surface area contributed by atoms with Gasteiger partial charge < -0.3 is 18.9 Å². The molecule has 25 heavy (non-hydrogen) atoms. The zero-order valence-electron chi connectivity index (χ0n) is 15.1. The highest BCUT2D eigenvalue weighted by atomic mass is 32.2. The van der Waals surface area contributed by atoms with E-state index < -0.39 is 10.0 Å². The summed E-state index contributed by atoms with van der Waals surface area (Å²) < 4.78 is 38.5. The van der Waals surface area contributed by atoms with E-state index in [2.05, 4.69) is 0 Å². The number of sulfonamides is 1. The molecule has 1 aliphatic heterocycles. The van der Waals surface area contributed by atoms with Gasteiger partial charge in [-0.25, -0.2) is 8.42 Å². The summed E-state index contributed by atoms with van der Waals surface area (Å²) in [6.07, 6.45) is 3.25. The van der Waals surface area contributed by atoms with Crippen LogP contribution in [0.25, 0.3) is 0 Å². The average Bonchev–Trinajstić information content (AvgIpc) is 3.24. The maximum Gasteiger partial charge on any atom is 0.270 e. The summed E-state index contributed by atoms with van der Waals surface area (Å²) in [4.78, 5) is 14.6. The molecule has 1 fully saturated rings. The van der Waals surface area contributed by atoms with Crippen LogP contribution in [0, 0.1) is 0 Å². The van der Waals surface area contributed by atoms with Crippen LogP contribution in [0.15, 0.2) is 17.2 Å². The van der Waals surface area contributed by atoms with Crippen LogP contribution in [-0.4, -0.2) is 81.7 Å². The summed E-state index contributed by atoms with van der Waals surface area (Å²) in [6, 6.07) is 1.46. The van der Waals surface area contributed by atoms with Gasteiger partial charge in [-0.1, -0.05) is 0 Å². The van der Waals surface area contributed by atoms with E-state index in [4.69, 9.17) is 9.47 Å². The third kappa shape index (κ3) is 4.60. The highest BCUT2D eigenvalue weighted by Gasteiger charge is 2.30. The van der Waals surface area contributed by atoms with E-state index in [9.17, 15) is 13.2 Å². The molecular weight excluding hydrogens is 346 g/mol. The van der Waals surface area contributed by atoms with E-state index in [1.54, 1.807) is 30.7 Å². The number of aromatic nitrogens is 1. The van der Waals surface area contributed by atoms with Crippen molar-refractivity contribution in [2.45, 2.75) is 17.7 Å². The SMILES string of the molecule is COCCN(CCOC)C(=O)c1cc(S(=O)(=O)N2CCCC2)cn1C. The Labute approximate surface area is 149 Å². The van der Waals surface area contributed by atoms with E-state index in [0.29, 0.717) is 45.1 Å². The van der Waals surface area contributed by atoms with Crippen LogP contribution in [0.5, 0.6) is 0 Å². The van der Waals surface area contributed by atoms with Crippen LogP contribution >= 0.6 is 0 Å². The fourth-order valence-electron chi connectivity index (χ4n) is 2.85. The third-order valence-electron chi connectivity index (χ3n) is 4.32. The minimum atomic E-state index is -3.54. The summed E-state index contributed by atoms with van der Waals surface area (Å²) >= 11 is 0. The predicted molar refractivity (Wildman–Crippen MR) is 93.1 cm³/mol. The van der Waals surface area contributed by atoms with Gasteiger partial charge in [-0.3, -0.25) is 4.79 Å². The highest BCUT2D eigenvalue weighted by molar-refractivity contribution is 7.89. The number of carbonyl (C=O) groups excluding carboxylic acids is 1. The zero-order valence-corrected chi connectivity index (χ0v) is 15.9. The number of methoxy groups -OCH3 is 2. The number of ether oxygens (including phenoxy) is 2. The molecule has 0 bridgehead atoms. The van der Waals surface area contributed by atoms with Crippen molar-refractivity contribution in [3.8, 4) is 0 Å². The van der Waals surface area contributed by atoms with Gasteiger partial charge in [0, 0.05) is 53.6 Å². The fraction of sp³-hybridized carbons (Fsp3) is 0.688. The molecule has 8 nitrogen and oxygen atoms in total. The minimum absolute atomic E-state index is 0.165. The number of rotatable bonds is 9. The minimum Gasteiger partial charge on any atom is -0.383 e. The van der Waals surface area contributed by atoms with Gasteiger partial charge in [0.15, 0.2) is 0 Å². The van der Waals surface area contributed by atoms with Crippen molar-refractivity contribution in [2.24, 2.45) is 7.05 Å². The Morgan fingerprint density at radius 3 is 2.24 bits per heavy atom. The molecule has 1 aromatic rings. The van der Waals surface area contributed by atoms with Gasteiger partial charge in [-0.2, -0.15) is 4.31 Å². The lowest BCUT2D eigenvalue weighted by molar-refractivity contribution is 0.0618. The monoisotopic (exact) mass is 373 g/mol. The van der Waals surface area contributed by atoms with Crippen LogP contribution in [0.1, 0.15) is 23.3 Å². The van der Waals surface area contributed by atoms with Crippen molar-refractivity contribution in [1.82, 2.24) is 13.8 Å². The van der Waals surface area contributed by atoms with Crippen molar-refractivity contribution >= 4 is 15.9 Å². The van der Waals surface area contributed by atoms with E-state index in [-0.39, 0.29) is 10.8 Å². The second-order valence-corrected chi connectivity index (χ2v) is 8.00. The second kappa shape index (κ2) is 8.79. The molecule has 0 N–H and O–H groups in total. The molecule has 0 radical (unpaired) electrons. The Balaban J connectivity index is 2.23. The molecular formula is C16H27N3O5S. The first-order chi connectivity index (χ1) is 11.9. The fourth-order valence-corrected chi connectivity index (χ4v) is 4.43. The van der Waals surface area contributed by atoms with Gasteiger partial charge in [0.2, 0.25) is 10.0 Å². The van der Waals surface area contributed by atoms with E-state index >= 15 is 0 Å². The molecule has 0 spiro atoms. The second-order valence-electron chi connectivity index (χ2n) is 6.06. The molecule has 1 aliphatic rings. The van der Waals surface area contributed by atoms with Crippen LogP contribution in [0.2, 0.25) is 0 Å². The maximum atomic E-state index is 12.8. The molecule has 0 saturated carbocycles. The van der Waals surface area contributed by atoms with Gasteiger partial charge in [0.25, 0.3) is 5.91 Å². The average molecular weight is 373 g/mol. The Morgan fingerprint density at radius 1 is 1.16 bits per heavy atom. The number of hydrogen-bond donors (Lipinski definition) is 0. The van der Waals surface area contributed by atoms with Gasteiger partial charge >= 0.3 is 0 Å². The number of carbonyl (C=O) groups is 1. The molecule has 1 aromatic heterocycles. The highest BCUT2D eigenvalue weighted by Crippen LogP contribution is 2.23. The molecule has 0 atom stereocenters.